The molecular weight excluding hydrogens is 228 g/mol. The maximum absolute atomic E-state index is 11.8. The Balaban J connectivity index is 1.77. The third-order valence-corrected chi connectivity index (χ3v) is 3.76. The molecule has 5 nitrogen and oxygen atoms in total. The summed E-state index contributed by atoms with van der Waals surface area (Å²) in [6.07, 6.45) is 5.76. The molecule has 1 aromatic heterocycles. The molecule has 0 aliphatic heterocycles. The molecule has 2 rings (SSSR count). The largest absolute Gasteiger partial charge is 0.349 e. The molecule has 1 aliphatic rings. The van der Waals surface area contributed by atoms with E-state index in [0.717, 1.165) is 24.7 Å². The Morgan fingerprint density at radius 2 is 2.11 bits per heavy atom. The number of hydrogen-bond acceptors (Lipinski definition) is 3. The predicted octanol–water partition coefficient (Wildman–Crippen LogP) is 1.92. The van der Waals surface area contributed by atoms with Crippen LogP contribution in [0, 0.1) is 11.8 Å². The van der Waals surface area contributed by atoms with Crippen LogP contribution >= 0.6 is 0 Å². The fraction of sp³-hybridized carbons (Fsp3) is 0.769. The van der Waals surface area contributed by atoms with Crippen LogP contribution in [0.2, 0.25) is 0 Å². The van der Waals surface area contributed by atoms with Gasteiger partial charge in [-0.25, -0.2) is 4.98 Å². The van der Waals surface area contributed by atoms with Crippen molar-refractivity contribution in [3.8, 4) is 0 Å². The summed E-state index contributed by atoms with van der Waals surface area (Å²) in [5.74, 6) is 2.32. The molecule has 0 aromatic carbocycles. The zero-order valence-electron chi connectivity index (χ0n) is 11.2. The van der Waals surface area contributed by atoms with E-state index >= 15 is 0 Å². The van der Waals surface area contributed by atoms with Gasteiger partial charge in [-0.3, -0.25) is 9.89 Å². The van der Waals surface area contributed by atoms with Gasteiger partial charge in [0, 0.05) is 13.0 Å². The van der Waals surface area contributed by atoms with Gasteiger partial charge >= 0.3 is 0 Å². The molecule has 1 amide bonds. The van der Waals surface area contributed by atoms with Crippen LogP contribution in [0.3, 0.4) is 0 Å². The molecule has 1 saturated carbocycles. The van der Waals surface area contributed by atoms with Crippen molar-refractivity contribution in [3.63, 3.8) is 0 Å². The van der Waals surface area contributed by atoms with Gasteiger partial charge in [-0.2, -0.15) is 0 Å². The topological polar surface area (TPSA) is 70.7 Å². The van der Waals surface area contributed by atoms with Crippen molar-refractivity contribution in [2.45, 2.75) is 46.0 Å². The number of H-pyrrole nitrogens is 1. The molecule has 0 bridgehead atoms. The van der Waals surface area contributed by atoms with E-state index in [2.05, 4.69) is 27.4 Å². The Labute approximate surface area is 108 Å². The first-order valence-electron chi connectivity index (χ1n) is 6.88. The second kappa shape index (κ2) is 5.98. The predicted molar refractivity (Wildman–Crippen MR) is 69.2 cm³/mol. The van der Waals surface area contributed by atoms with Crippen LogP contribution in [0.4, 0.5) is 0 Å². The summed E-state index contributed by atoms with van der Waals surface area (Å²) in [5, 5.41) is 9.61. The fourth-order valence-electron chi connectivity index (χ4n) is 2.40. The van der Waals surface area contributed by atoms with Crippen LogP contribution in [0.15, 0.2) is 0 Å². The molecule has 1 aromatic rings. The van der Waals surface area contributed by atoms with E-state index in [9.17, 15) is 4.79 Å². The van der Waals surface area contributed by atoms with Gasteiger partial charge in [0.25, 0.3) is 5.91 Å². The molecule has 1 fully saturated rings. The van der Waals surface area contributed by atoms with E-state index in [0.29, 0.717) is 5.92 Å². The lowest BCUT2D eigenvalue weighted by Crippen LogP contribution is -2.31. The Morgan fingerprint density at radius 3 is 2.72 bits per heavy atom. The summed E-state index contributed by atoms with van der Waals surface area (Å²) >= 11 is 0. The normalized spacial score (nSPS) is 23.9. The van der Waals surface area contributed by atoms with Crippen LogP contribution in [0.25, 0.3) is 0 Å². The molecule has 100 valence electrons. The molecule has 0 atom stereocenters. The zero-order valence-corrected chi connectivity index (χ0v) is 11.2. The highest BCUT2D eigenvalue weighted by atomic mass is 16.2. The van der Waals surface area contributed by atoms with E-state index < -0.39 is 0 Å². The van der Waals surface area contributed by atoms with Crippen LogP contribution in [-0.4, -0.2) is 27.6 Å². The summed E-state index contributed by atoms with van der Waals surface area (Å²) in [7, 11) is 0. The fourth-order valence-corrected chi connectivity index (χ4v) is 2.40. The number of hydrogen-bond donors (Lipinski definition) is 2. The average Bonchev–Trinajstić information content (AvgIpc) is 2.86. The third-order valence-electron chi connectivity index (χ3n) is 3.76. The molecular formula is C13H22N4O. The van der Waals surface area contributed by atoms with Gasteiger partial charge in [0.05, 0.1) is 0 Å². The second-order valence-corrected chi connectivity index (χ2v) is 5.30. The third kappa shape index (κ3) is 3.31. The van der Waals surface area contributed by atoms with Crippen LogP contribution in [0.5, 0.6) is 0 Å². The molecule has 0 unspecified atom stereocenters. The SMILES string of the molecule is CCc1nc(C(=O)NCC2CCC(C)CC2)n[nH]1. The number of amides is 1. The van der Waals surface area contributed by atoms with Crippen molar-refractivity contribution >= 4 is 5.91 Å². The first-order chi connectivity index (χ1) is 8.69. The van der Waals surface area contributed by atoms with Gasteiger partial charge in [-0.1, -0.05) is 26.7 Å². The summed E-state index contributed by atoms with van der Waals surface area (Å²) in [5.41, 5.74) is 0. The smallest absolute Gasteiger partial charge is 0.290 e. The van der Waals surface area contributed by atoms with E-state index in [-0.39, 0.29) is 11.7 Å². The lowest BCUT2D eigenvalue weighted by molar-refractivity contribution is 0.0932. The Bertz CT molecular complexity index is 393. The molecule has 1 heterocycles. The van der Waals surface area contributed by atoms with Gasteiger partial charge in [0.15, 0.2) is 0 Å². The van der Waals surface area contributed by atoms with Gasteiger partial charge < -0.3 is 5.32 Å². The maximum atomic E-state index is 11.8. The number of nitrogens with zero attached hydrogens (tertiary/aromatic N) is 2. The van der Waals surface area contributed by atoms with Crippen molar-refractivity contribution in [3.05, 3.63) is 11.6 Å². The molecule has 0 spiro atoms. The van der Waals surface area contributed by atoms with E-state index in [4.69, 9.17) is 0 Å². The number of carbonyl (C=O) groups excluding carboxylic acids is 1. The lowest BCUT2D eigenvalue weighted by atomic mass is 9.83. The minimum absolute atomic E-state index is 0.162. The Kier molecular flexibility index (Phi) is 4.33. The number of rotatable bonds is 4. The number of aromatic amines is 1. The zero-order chi connectivity index (χ0) is 13.0. The molecule has 1 aliphatic carbocycles. The maximum Gasteiger partial charge on any atom is 0.290 e. The van der Waals surface area contributed by atoms with Crippen molar-refractivity contribution < 1.29 is 4.79 Å². The average molecular weight is 250 g/mol. The number of nitrogens with one attached hydrogen (secondary N) is 2. The summed E-state index contributed by atoms with van der Waals surface area (Å²) in [4.78, 5) is 16.0. The lowest BCUT2D eigenvalue weighted by Gasteiger charge is -2.25. The summed E-state index contributed by atoms with van der Waals surface area (Å²) in [6, 6.07) is 0. The molecule has 0 radical (unpaired) electrons. The van der Waals surface area contributed by atoms with Crippen LogP contribution < -0.4 is 5.32 Å². The van der Waals surface area contributed by atoms with Gasteiger partial charge in [0.2, 0.25) is 5.82 Å². The molecule has 18 heavy (non-hydrogen) atoms. The van der Waals surface area contributed by atoms with Gasteiger partial charge in [0.1, 0.15) is 5.82 Å². The van der Waals surface area contributed by atoms with E-state index in [1.54, 1.807) is 0 Å². The quantitative estimate of drug-likeness (QED) is 0.857. The Hall–Kier alpha value is -1.39. The number of carbonyl (C=O) groups is 1. The summed E-state index contributed by atoms with van der Waals surface area (Å²) < 4.78 is 0. The van der Waals surface area contributed by atoms with E-state index in [1.807, 2.05) is 6.92 Å². The van der Waals surface area contributed by atoms with Crippen molar-refractivity contribution in [2.75, 3.05) is 6.54 Å². The first kappa shape index (κ1) is 13.1. The van der Waals surface area contributed by atoms with Crippen molar-refractivity contribution in [1.82, 2.24) is 20.5 Å². The van der Waals surface area contributed by atoms with Crippen molar-refractivity contribution in [1.29, 1.82) is 0 Å². The summed E-state index contributed by atoms with van der Waals surface area (Å²) in [6.45, 7) is 5.03. The van der Waals surface area contributed by atoms with Crippen LogP contribution in [-0.2, 0) is 6.42 Å². The minimum Gasteiger partial charge on any atom is -0.349 e. The monoisotopic (exact) mass is 250 g/mol. The number of aryl methyl sites for hydroxylation is 1. The molecule has 5 heteroatoms. The Morgan fingerprint density at radius 1 is 1.39 bits per heavy atom. The highest BCUT2D eigenvalue weighted by molar-refractivity contribution is 5.90. The van der Waals surface area contributed by atoms with Crippen LogP contribution in [0.1, 0.15) is 56.0 Å². The van der Waals surface area contributed by atoms with Gasteiger partial charge in [-0.05, 0) is 24.7 Å². The highest BCUT2D eigenvalue weighted by Crippen LogP contribution is 2.27. The van der Waals surface area contributed by atoms with Gasteiger partial charge in [-0.15, -0.1) is 5.10 Å². The highest BCUT2D eigenvalue weighted by Gasteiger charge is 2.19. The van der Waals surface area contributed by atoms with Crippen molar-refractivity contribution in [2.24, 2.45) is 11.8 Å². The first-order valence-corrected chi connectivity index (χ1v) is 6.88. The number of aromatic nitrogens is 3. The second-order valence-electron chi connectivity index (χ2n) is 5.30. The van der Waals surface area contributed by atoms with E-state index in [1.165, 1.54) is 25.7 Å². The minimum atomic E-state index is -0.162. The molecule has 2 N–H and O–H groups in total. The standard InChI is InChI=1S/C13H22N4O/c1-3-11-15-12(17-16-11)13(18)14-8-10-6-4-9(2)5-7-10/h9-10H,3-8H2,1-2H3,(H,14,18)(H,15,16,17). The molecule has 0 saturated heterocycles.